The van der Waals surface area contributed by atoms with Crippen molar-refractivity contribution in [1.82, 2.24) is 0 Å². The van der Waals surface area contributed by atoms with Crippen LogP contribution in [0.25, 0.3) is 0 Å². The van der Waals surface area contributed by atoms with Crippen LogP contribution < -0.4 is 0 Å². The second kappa shape index (κ2) is 4.24. The first-order valence-electron chi connectivity index (χ1n) is 4.42. The summed E-state index contributed by atoms with van der Waals surface area (Å²) in [6.07, 6.45) is 2.11. The maximum Gasteiger partial charge on any atom is 0.153 e. The minimum absolute atomic E-state index is 0.00397. The summed E-state index contributed by atoms with van der Waals surface area (Å²) in [7, 11) is 0. The van der Waals surface area contributed by atoms with Gasteiger partial charge in [0.05, 0.1) is 12.0 Å². The standard InChI is InChI=1S/C9H15ClO2/c1-6-2-3-8(11)7(4-6)9(12)5-10/h6-8,11H,2-5H2,1H3/t6-,7-,8-/m0/s1. The van der Waals surface area contributed by atoms with Gasteiger partial charge in [-0.15, -0.1) is 11.6 Å². The van der Waals surface area contributed by atoms with Gasteiger partial charge in [-0.2, -0.15) is 0 Å². The van der Waals surface area contributed by atoms with E-state index in [0.717, 1.165) is 19.3 Å². The third kappa shape index (κ3) is 2.20. The average molecular weight is 191 g/mol. The molecule has 70 valence electrons. The van der Waals surface area contributed by atoms with Crippen LogP contribution in [0.3, 0.4) is 0 Å². The molecule has 12 heavy (non-hydrogen) atoms. The van der Waals surface area contributed by atoms with Crippen LogP contribution in [-0.2, 0) is 4.79 Å². The number of rotatable bonds is 2. The maximum atomic E-state index is 11.2. The Labute approximate surface area is 77.9 Å². The van der Waals surface area contributed by atoms with E-state index in [2.05, 4.69) is 6.92 Å². The summed E-state index contributed by atoms with van der Waals surface area (Å²) in [4.78, 5) is 11.2. The fourth-order valence-electron chi connectivity index (χ4n) is 1.81. The van der Waals surface area contributed by atoms with Crippen molar-refractivity contribution in [3.8, 4) is 0 Å². The van der Waals surface area contributed by atoms with E-state index in [4.69, 9.17) is 11.6 Å². The predicted molar refractivity (Wildman–Crippen MR) is 48.2 cm³/mol. The largest absolute Gasteiger partial charge is 0.392 e. The van der Waals surface area contributed by atoms with Crippen LogP contribution in [0.5, 0.6) is 0 Å². The molecule has 1 rings (SSSR count). The molecule has 3 heteroatoms. The van der Waals surface area contributed by atoms with E-state index in [1.54, 1.807) is 0 Å². The van der Waals surface area contributed by atoms with Crippen molar-refractivity contribution in [3.05, 3.63) is 0 Å². The molecule has 1 fully saturated rings. The lowest BCUT2D eigenvalue weighted by atomic mass is 9.78. The van der Waals surface area contributed by atoms with E-state index in [0.29, 0.717) is 5.92 Å². The highest BCUT2D eigenvalue weighted by Gasteiger charge is 2.31. The Bertz CT molecular complexity index is 170. The Morgan fingerprint density at radius 1 is 1.58 bits per heavy atom. The van der Waals surface area contributed by atoms with Gasteiger partial charge < -0.3 is 5.11 Å². The number of ketones is 1. The van der Waals surface area contributed by atoms with Crippen molar-refractivity contribution in [2.45, 2.75) is 32.3 Å². The van der Waals surface area contributed by atoms with Gasteiger partial charge in [0.2, 0.25) is 0 Å². The lowest BCUT2D eigenvalue weighted by Gasteiger charge is -2.29. The zero-order valence-electron chi connectivity index (χ0n) is 7.29. The van der Waals surface area contributed by atoms with Crippen molar-refractivity contribution in [2.75, 3.05) is 5.88 Å². The number of carbonyl (C=O) groups is 1. The van der Waals surface area contributed by atoms with E-state index in [-0.39, 0.29) is 17.6 Å². The van der Waals surface area contributed by atoms with E-state index in [1.165, 1.54) is 0 Å². The average Bonchev–Trinajstić information content (AvgIpc) is 2.08. The first-order chi connectivity index (χ1) is 5.65. The molecular weight excluding hydrogens is 176 g/mol. The molecule has 0 radical (unpaired) electrons. The van der Waals surface area contributed by atoms with Crippen molar-refractivity contribution >= 4 is 17.4 Å². The van der Waals surface area contributed by atoms with Crippen LogP contribution in [0.15, 0.2) is 0 Å². The van der Waals surface area contributed by atoms with Gasteiger partial charge in [-0.1, -0.05) is 6.92 Å². The first-order valence-corrected chi connectivity index (χ1v) is 4.95. The SMILES string of the molecule is C[C@H]1CC[C@H](O)[C@@H](C(=O)CCl)C1. The molecule has 1 aliphatic carbocycles. The fourth-order valence-corrected chi connectivity index (χ4v) is 2.01. The summed E-state index contributed by atoms with van der Waals surface area (Å²) >= 11 is 5.44. The predicted octanol–water partition coefficient (Wildman–Crippen LogP) is 1.59. The summed E-state index contributed by atoms with van der Waals surface area (Å²) in [5.74, 6) is 0.376. The molecule has 0 aliphatic heterocycles. The van der Waals surface area contributed by atoms with Crippen LogP contribution in [0, 0.1) is 11.8 Å². The second-order valence-corrected chi connectivity index (χ2v) is 3.96. The molecule has 2 nitrogen and oxygen atoms in total. The summed E-state index contributed by atoms with van der Waals surface area (Å²) in [5.41, 5.74) is 0. The lowest BCUT2D eigenvalue weighted by Crippen LogP contribution is -2.34. The normalized spacial score (nSPS) is 36.4. The Hall–Kier alpha value is -0.0800. The van der Waals surface area contributed by atoms with Crippen molar-refractivity contribution in [2.24, 2.45) is 11.8 Å². The van der Waals surface area contributed by atoms with Crippen molar-refractivity contribution in [3.63, 3.8) is 0 Å². The monoisotopic (exact) mass is 190 g/mol. The number of hydrogen-bond acceptors (Lipinski definition) is 2. The zero-order chi connectivity index (χ0) is 9.14. The summed E-state index contributed by atoms with van der Waals surface area (Å²) in [6.45, 7) is 2.11. The van der Waals surface area contributed by atoms with Crippen molar-refractivity contribution in [1.29, 1.82) is 0 Å². The molecule has 0 aromatic rings. The minimum atomic E-state index is -0.451. The molecule has 0 aromatic heterocycles. The van der Waals surface area contributed by atoms with Gasteiger partial charge in [-0.25, -0.2) is 0 Å². The Balaban J connectivity index is 2.54. The Morgan fingerprint density at radius 3 is 2.83 bits per heavy atom. The first kappa shape index (κ1) is 10.0. The topological polar surface area (TPSA) is 37.3 Å². The Kier molecular flexibility index (Phi) is 3.53. The number of halogens is 1. The van der Waals surface area contributed by atoms with Gasteiger partial charge >= 0.3 is 0 Å². The molecule has 1 saturated carbocycles. The van der Waals surface area contributed by atoms with Gasteiger partial charge in [0.15, 0.2) is 5.78 Å². The minimum Gasteiger partial charge on any atom is -0.392 e. The number of aliphatic hydroxyl groups is 1. The smallest absolute Gasteiger partial charge is 0.153 e. The van der Waals surface area contributed by atoms with E-state index < -0.39 is 6.10 Å². The third-order valence-electron chi connectivity index (χ3n) is 2.62. The quantitative estimate of drug-likeness (QED) is 0.672. The highest BCUT2D eigenvalue weighted by atomic mass is 35.5. The number of aliphatic hydroxyl groups excluding tert-OH is 1. The molecule has 0 aromatic carbocycles. The number of carbonyl (C=O) groups excluding carboxylic acids is 1. The second-order valence-electron chi connectivity index (χ2n) is 3.69. The van der Waals surface area contributed by atoms with Gasteiger partial charge in [0.25, 0.3) is 0 Å². The van der Waals surface area contributed by atoms with Crippen LogP contribution in [0.2, 0.25) is 0 Å². The number of hydrogen-bond donors (Lipinski definition) is 1. The van der Waals surface area contributed by atoms with E-state index >= 15 is 0 Å². The van der Waals surface area contributed by atoms with E-state index in [9.17, 15) is 9.90 Å². The molecule has 1 aliphatic rings. The molecule has 0 bridgehead atoms. The van der Waals surface area contributed by atoms with Crippen LogP contribution in [-0.4, -0.2) is 22.9 Å². The van der Waals surface area contributed by atoms with E-state index in [1.807, 2.05) is 0 Å². The Morgan fingerprint density at radius 2 is 2.25 bits per heavy atom. The van der Waals surface area contributed by atoms with Gasteiger partial charge in [0.1, 0.15) is 0 Å². The van der Waals surface area contributed by atoms with Gasteiger partial charge in [-0.3, -0.25) is 4.79 Å². The molecule has 0 unspecified atom stereocenters. The van der Waals surface area contributed by atoms with Crippen molar-refractivity contribution < 1.29 is 9.90 Å². The number of Topliss-reactive ketones (excluding diaryl/α,β-unsaturated/α-hetero) is 1. The zero-order valence-corrected chi connectivity index (χ0v) is 8.05. The number of alkyl halides is 1. The molecule has 3 atom stereocenters. The lowest BCUT2D eigenvalue weighted by molar-refractivity contribution is -0.126. The van der Waals surface area contributed by atoms with Crippen LogP contribution >= 0.6 is 11.6 Å². The third-order valence-corrected chi connectivity index (χ3v) is 2.88. The molecule has 0 saturated heterocycles. The molecule has 0 heterocycles. The highest BCUT2D eigenvalue weighted by Crippen LogP contribution is 2.29. The maximum absolute atomic E-state index is 11.2. The molecule has 0 amide bonds. The van der Waals surface area contributed by atoms with Gasteiger partial charge in [-0.05, 0) is 25.2 Å². The molecular formula is C9H15ClO2. The van der Waals surface area contributed by atoms with Crippen LogP contribution in [0.4, 0.5) is 0 Å². The molecule has 0 spiro atoms. The highest BCUT2D eigenvalue weighted by molar-refractivity contribution is 6.27. The summed E-state index contributed by atoms with van der Waals surface area (Å²) in [6, 6.07) is 0. The molecule has 1 N–H and O–H groups in total. The fraction of sp³-hybridized carbons (Fsp3) is 0.889. The van der Waals surface area contributed by atoms with Gasteiger partial charge in [0, 0.05) is 5.92 Å². The van der Waals surface area contributed by atoms with Crippen LogP contribution in [0.1, 0.15) is 26.2 Å². The summed E-state index contributed by atoms with van der Waals surface area (Å²) in [5, 5.41) is 9.51. The summed E-state index contributed by atoms with van der Waals surface area (Å²) < 4.78 is 0.